The van der Waals surface area contributed by atoms with Crippen molar-refractivity contribution in [3.63, 3.8) is 0 Å². The van der Waals surface area contributed by atoms with Crippen molar-refractivity contribution in [2.75, 3.05) is 25.5 Å². The summed E-state index contributed by atoms with van der Waals surface area (Å²) in [7, 11) is 1.57. The van der Waals surface area contributed by atoms with Crippen molar-refractivity contribution in [3.8, 4) is 0 Å². The van der Waals surface area contributed by atoms with Crippen molar-refractivity contribution in [2.45, 2.75) is 12.5 Å². The molecule has 1 aromatic carbocycles. The van der Waals surface area contributed by atoms with Gasteiger partial charge in [-0.1, -0.05) is 11.6 Å². The molecule has 1 saturated heterocycles. The van der Waals surface area contributed by atoms with Crippen LogP contribution in [0.25, 0.3) is 0 Å². The van der Waals surface area contributed by atoms with E-state index in [1.54, 1.807) is 7.11 Å². The van der Waals surface area contributed by atoms with Crippen molar-refractivity contribution >= 4 is 23.3 Å². The maximum Gasteiger partial charge on any atom is 0.321 e. The van der Waals surface area contributed by atoms with E-state index < -0.39 is 17.7 Å². The predicted octanol–water partition coefficient (Wildman–Crippen LogP) is 2.87. The number of rotatable bonds is 2. The predicted molar refractivity (Wildman–Crippen MR) is 67.4 cm³/mol. The Morgan fingerprint density at radius 3 is 2.89 bits per heavy atom. The fourth-order valence-electron chi connectivity index (χ4n) is 1.95. The number of methoxy groups -OCH3 is 1. The van der Waals surface area contributed by atoms with Gasteiger partial charge in [0.1, 0.15) is 16.7 Å². The lowest BCUT2D eigenvalue weighted by molar-refractivity contribution is 0.111. The number of hydrogen-bond donors (Lipinski definition) is 1. The summed E-state index contributed by atoms with van der Waals surface area (Å²) >= 11 is 5.67. The molecule has 0 aromatic heterocycles. The zero-order valence-corrected chi connectivity index (χ0v) is 11.0. The van der Waals surface area contributed by atoms with Crippen LogP contribution in [0, 0.1) is 11.6 Å². The van der Waals surface area contributed by atoms with Crippen LogP contribution in [0.2, 0.25) is 5.02 Å². The standard InChI is InChI=1S/C12H13ClF2N2O2/c1-19-8-2-3-17(6-8)12(18)16-10-5-7(14)4-9(15)11(10)13/h4-5,8H,2-3,6H2,1H3,(H,16,18)/t8-/m0/s1. The molecule has 0 aliphatic carbocycles. The number of benzene rings is 1. The molecule has 7 heteroatoms. The number of anilines is 1. The molecule has 0 saturated carbocycles. The molecule has 0 unspecified atom stereocenters. The van der Waals surface area contributed by atoms with Gasteiger partial charge in [-0.15, -0.1) is 0 Å². The summed E-state index contributed by atoms with van der Waals surface area (Å²) in [4.78, 5) is 13.4. The van der Waals surface area contributed by atoms with E-state index in [2.05, 4.69) is 5.32 Å². The van der Waals surface area contributed by atoms with Gasteiger partial charge in [0.25, 0.3) is 0 Å². The molecule has 1 heterocycles. The van der Waals surface area contributed by atoms with Gasteiger partial charge in [0.2, 0.25) is 0 Å². The van der Waals surface area contributed by atoms with Gasteiger partial charge in [0.05, 0.1) is 11.8 Å². The lowest BCUT2D eigenvalue weighted by atomic mass is 10.3. The van der Waals surface area contributed by atoms with Crippen LogP contribution in [-0.4, -0.2) is 37.2 Å². The van der Waals surface area contributed by atoms with Gasteiger partial charge in [0, 0.05) is 26.3 Å². The quantitative estimate of drug-likeness (QED) is 0.851. The summed E-state index contributed by atoms with van der Waals surface area (Å²) in [5.74, 6) is -1.71. The summed E-state index contributed by atoms with van der Waals surface area (Å²) in [5.41, 5.74) is -0.0787. The van der Waals surface area contributed by atoms with E-state index in [0.717, 1.165) is 12.5 Å². The van der Waals surface area contributed by atoms with Crippen molar-refractivity contribution in [1.29, 1.82) is 0 Å². The molecule has 2 rings (SSSR count). The van der Waals surface area contributed by atoms with E-state index in [-0.39, 0.29) is 16.8 Å². The third-order valence-electron chi connectivity index (χ3n) is 3.00. The number of urea groups is 1. The fraction of sp³-hybridized carbons (Fsp3) is 0.417. The monoisotopic (exact) mass is 290 g/mol. The molecule has 1 fully saturated rings. The average molecular weight is 291 g/mol. The Bertz CT molecular complexity index is 499. The van der Waals surface area contributed by atoms with Crippen LogP contribution in [0.1, 0.15) is 6.42 Å². The Kier molecular flexibility index (Phi) is 4.21. The number of nitrogens with one attached hydrogen (secondary N) is 1. The second-order valence-electron chi connectivity index (χ2n) is 4.27. The molecule has 0 spiro atoms. The lowest BCUT2D eigenvalue weighted by Crippen LogP contribution is -2.34. The Morgan fingerprint density at radius 1 is 1.53 bits per heavy atom. The molecule has 1 N–H and O–H groups in total. The fourth-order valence-corrected chi connectivity index (χ4v) is 2.10. The van der Waals surface area contributed by atoms with Crippen molar-refractivity contribution in [2.24, 2.45) is 0 Å². The highest BCUT2D eigenvalue weighted by molar-refractivity contribution is 6.33. The SMILES string of the molecule is CO[C@H]1CCN(C(=O)Nc2cc(F)cc(F)c2Cl)C1. The van der Waals surface area contributed by atoms with E-state index in [4.69, 9.17) is 16.3 Å². The van der Waals surface area contributed by atoms with Crippen molar-refractivity contribution in [1.82, 2.24) is 4.90 Å². The molecule has 1 aliphatic heterocycles. The van der Waals surface area contributed by atoms with E-state index in [0.29, 0.717) is 19.2 Å². The van der Waals surface area contributed by atoms with Gasteiger partial charge in [-0.2, -0.15) is 0 Å². The molecule has 1 atom stereocenters. The Hall–Kier alpha value is -1.40. The first-order valence-electron chi connectivity index (χ1n) is 5.74. The van der Waals surface area contributed by atoms with Crippen molar-refractivity contribution in [3.05, 3.63) is 28.8 Å². The first-order valence-corrected chi connectivity index (χ1v) is 6.12. The number of carbonyl (C=O) groups is 1. The molecule has 2 amide bonds. The molecule has 1 aliphatic rings. The summed E-state index contributed by atoms with van der Waals surface area (Å²) < 4.78 is 31.4. The minimum atomic E-state index is -0.909. The molecule has 1 aromatic rings. The van der Waals surface area contributed by atoms with E-state index >= 15 is 0 Å². The number of hydrogen-bond acceptors (Lipinski definition) is 2. The van der Waals surface area contributed by atoms with Crippen LogP contribution in [0.15, 0.2) is 12.1 Å². The molecular formula is C12H13ClF2N2O2. The molecule has 0 radical (unpaired) electrons. The summed E-state index contributed by atoms with van der Waals surface area (Å²) in [6, 6.07) is 1.19. The number of amides is 2. The van der Waals surface area contributed by atoms with Crippen LogP contribution in [-0.2, 0) is 4.74 Å². The van der Waals surface area contributed by atoms with Gasteiger partial charge >= 0.3 is 6.03 Å². The summed E-state index contributed by atoms with van der Waals surface area (Å²) in [6.45, 7) is 0.970. The minimum absolute atomic E-state index is 0.00883. The topological polar surface area (TPSA) is 41.6 Å². The first-order chi connectivity index (χ1) is 9.01. The highest BCUT2D eigenvalue weighted by atomic mass is 35.5. The molecule has 0 bridgehead atoms. The highest BCUT2D eigenvalue weighted by Gasteiger charge is 2.26. The summed E-state index contributed by atoms with van der Waals surface area (Å²) in [5, 5.41) is 2.09. The average Bonchev–Trinajstić information content (AvgIpc) is 2.84. The van der Waals surface area contributed by atoms with Gasteiger partial charge < -0.3 is 15.0 Å². The van der Waals surface area contributed by atoms with E-state index in [1.165, 1.54) is 4.90 Å². The first kappa shape index (κ1) is 14.0. The number of halogens is 3. The minimum Gasteiger partial charge on any atom is -0.380 e. The lowest BCUT2D eigenvalue weighted by Gasteiger charge is -2.17. The van der Waals surface area contributed by atoms with Crippen LogP contribution >= 0.6 is 11.6 Å². The summed E-state index contributed by atoms with van der Waals surface area (Å²) in [6.07, 6.45) is 0.722. The number of carbonyl (C=O) groups excluding carboxylic acids is 1. The van der Waals surface area contributed by atoms with Crippen LogP contribution < -0.4 is 5.32 Å². The normalized spacial score (nSPS) is 18.7. The van der Waals surface area contributed by atoms with Gasteiger partial charge in [-0.25, -0.2) is 13.6 Å². The van der Waals surface area contributed by atoms with Crippen molar-refractivity contribution < 1.29 is 18.3 Å². The zero-order chi connectivity index (χ0) is 14.0. The molecule has 104 valence electrons. The van der Waals surface area contributed by atoms with Gasteiger partial charge in [0.15, 0.2) is 0 Å². The number of ether oxygens (including phenoxy) is 1. The van der Waals surface area contributed by atoms with E-state index in [1.807, 2.05) is 0 Å². The second kappa shape index (κ2) is 5.71. The molecule has 19 heavy (non-hydrogen) atoms. The largest absolute Gasteiger partial charge is 0.380 e. The Labute approximate surface area is 114 Å². The Balaban J connectivity index is 2.07. The molecule has 4 nitrogen and oxygen atoms in total. The third-order valence-corrected chi connectivity index (χ3v) is 3.38. The molecular weight excluding hydrogens is 278 g/mol. The van der Waals surface area contributed by atoms with E-state index in [9.17, 15) is 13.6 Å². The van der Waals surface area contributed by atoms with Crippen LogP contribution in [0.4, 0.5) is 19.3 Å². The second-order valence-corrected chi connectivity index (χ2v) is 4.65. The number of nitrogens with zero attached hydrogens (tertiary/aromatic N) is 1. The number of likely N-dealkylation sites (tertiary alicyclic amines) is 1. The van der Waals surface area contributed by atoms with Gasteiger partial charge in [-0.05, 0) is 12.5 Å². The third kappa shape index (κ3) is 3.13. The maximum absolute atomic E-state index is 13.2. The van der Waals surface area contributed by atoms with Crippen LogP contribution in [0.3, 0.4) is 0 Å². The maximum atomic E-state index is 13.2. The van der Waals surface area contributed by atoms with Crippen LogP contribution in [0.5, 0.6) is 0 Å². The highest BCUT2D eigenvalue weighted by Crippen LogP contribution is 2.27. The Morgan fingerprint density at radius 2 is 2.26 bits per heavy atom. The van der Waals surface area contributed by atoms with Gasteiger partial charge in [-0.3, -0.25) is 0 Å². The smallest absolute Gasteiger partial charge is 0.321 e. The zero-order valence-electron chi connectivity index (χ0n) is 10.3.